The second kappa shape index (κ2) is 5.77. The van der Waals surface area contributed by atoms with E-state index in [1.807, 2.05) is 0 Å². The molecule has 0 radical (unpaired) electrons. The molecule has 2 atom stereocenters. The number of hydrogen-bond donors (Lipinski definition) is 4. The Hall–Kier alpha value is -1.99. The summed E-state index contributed by atoms with van der Waals surface area (Å²) >= 11 is 0. The summed E-state index contributed by atoms with van der Waals surface area (Å²) in [5.41, 5.74) is -0.525. The lowest BCUT2D eigenvalue weighted by molar-refractivity contribution is 0.0274. The van der Waals surface area contributed by atoms with Crippen molar-refractivity contribution in [1.29, 1.82) is 0 Å². The molecule has 106 valence electrons. The monoisotopic (exact) mass is 272 g/mol. The highest BCUT2D eigenvalue weighted by molar-refractivity contribution is 5.92. The average Bonchev–Trinajstić information content (AvgIpc) is 2.36. The molecule has 4 N–H and O–H groups in total. The lowest BCUT2D eigenvalue weighted by atomic mass is 9.97. The maximum absolute atomic E-state index is 11.2. The number of benzene rings is 1. The highest BCUT2D eigenvalue weighted by Gasteiger charge is 2.29. The number of carbonyl (C=O) groups is 1. The minimum atomic E-state index is -1.52. The number of rotatable bonds is 5. The van der Waals surface area contributed by atoms with E-state index in [4.69, 9.17) is 14.6 Å². The second-order valence-corrected chi connectivity index (χ2v) is 3.91. The number of phenolic OH excluding ortho intramolecular Hbond substituents is 1. The number of carboxylic acid groups (broad SMARTS) is 1. The summed E-state index contributed by atoms with van der Waals surface area (Å²) in [6.07, 6.45) is -2.75. The van der Waals surface area contributed by atoms with Crippen molar-refractivity contribution in [3.63, 3.8) is 0 Å². The van der Waals surface area contributed by atoms with E-state index in [1.54, 1.807) is 0 Å². The van der Waals surface area contributed by atoms with Gasteiger partial charge in [0.05, 0.1) is 25.9 Å². The van der Waals surface area contributed by atoms with E-state index < -0.39 is 23.9 Å². The van der Waals surface area contributed by atoms with E-state index in [9.17, 15) is 20.1 Å². The maximum Gasteiger partial charge on any atom is 0.336 e. The van der Waals surface area contributed by atoms with E-state index in [0.29, 0.717) is 0 Å². The molecule has 0 aliphatic heterocycles. The Morgan fingerprint density at radius 3 is 2.21 bits per heavy atom. The number of carboxylic acids is 1. The van der Waals surface area contributed by atoms with Gasteiger partial charge in [-0.25, -0.2) is 4.79 Å². The number of phenols is 1. The third-order valence-corrected chi connectivity index (χ3v) is 2.67. The van der Waals surface area contributed by atoms with Crippen molar-refractivity contribution in [2.75, 3.05) is 14.2 Å². The minimum absolute atomic E-state index is 0.101. The SMILES string of the molecule is COc1cc(C(=O)O)c(C(O)C(C)O)c(OC)c1O. The zero-order valence-corrected chi connectivity index (χ0v) is 10.7. The molecule has 0 aliphatic carbocycles. The molecule has 7 heteroatoms. The predicted octanol–water partition coefficient (Wildman–Crippen LogP) is 0.522. The molecule has 0 spiro atoms. The topological polar surface area (TPSA) is 116 Å². The Bertz CT molecular complexity index is 481. The first kappa shape index (κ1) is 15.1. The van der Waals surface area contributed by atoms with Gasteiger partial charge >= 0.3 is 5.97 Å². The zero-order chi connectivity index (χ0) is 14.7. The van der Waals surface area contributed by atoms with Gasteiger partial charge in [-0.2, -0.15) is 0 Å². The van der Waals surface area contributed by atoms with Gasteiger partial charge in [-0.15, -0.1) is 0 Å². The zero-order valence-electron chi connectivity index (χ0n) is 10.7. The highest BCUT2D eigenvalue weighted by Crippen LogP contribution is 2.44. The molecular formula is C12H16O7. The van der Waals surface area contributed by atoms with Crippen LogP contribution in [0.5, 0.6) is 17.2 Å². The van der Waals surface area contributed by atoms with Crippen LogP contribution >= 0.6 is 0 Å². The van der Waals surface area contributed by atoms with Crippen LogP contribution in [0.15, 0.2) is 6.07 Å². The fourth-order valence-corrected chi connectivity index (χ4v) is 1.71. The van der Waals surface area contributed by atoms with Gasteiger partial charge in [0.25, 0.3) is 0 Å². The first-order valence-corrected chi connectivity index (χ1v) is 5.42. The summed E-state index contributed by atoms with van der Waals surface area (Å²) in [4.78, 5) is 11.2. The maximum atomic E-state index is 11.2. The number of hydrogen-bond acceptors (Lipinski definition) is 6. The van der Waals surface area contributed by atoms with Crippen molar-refractivity contribution in [2.45, 2.75) is 19.1 Å². The standard InChI is InChI=1S/C12H16O7/c1-5(13)9(14)8-6(12(16)17)4-7(18-2)10(15)11(8)19-3/h4-5,9,13-15H,1-3H3,(H,16,17). The van der Waals surface area contributed by atoms with E-state index >= 15 is 0 Å². The van der Waals surface area contributed by atoms with Crippen LogP contribution in [0.3, 0.4) is 0 Å². The molecule has 0 saturated carbocycles. The Balaban J connectivity index is 3.65. The van der Waals surface area contributed by atoms with Gasteiger partial charge in [0.1, 0.15) is 6.10 Å². The van der Waals surface area contributed by atoms with Crippen LogP contribution < -0.4 is 9.47 Å². The van der Waals surface area contributed by atoms with E-state index in [2.05, 4.69) is 0 Å². The van der Waals surface area contributed by atoms with Crippen molar-refractivity contribution in [3.05, 3.63) is 17.2 Å². The Morgan fingerprint density at radius 1 is 1.26 bits per heavy atom. The van der Waals surface area contributed by atoms with E-state index in [-0.39, 0.29) is 22.6 Å². The molecule has 0 heterocycles. The molecule has 0 aromatic heterocycles. The minimum Gasteiger partial charge on any atom is -0.502 e. The van der Waals surface area contributed by atoms with Gasteiger partial charge < -0.3 is 29.9 Å². The van der Waals surface area contributed by atoms with Crippen LogP contribution in [0, 0.1) is 0 Å². The molecule has 0 aliphatic rings. The fourth-order valence-electron chi connectivity index (χ4n) is 1.71. The smallest absolute Gasteiger partial charge is 0.336 e. The molecule has 0 amide bonds. The van der Waals surface area contributed by atoms with E-state index in [1.165, 1.54) is 21.1 Å². The lowest BCUT2D eigenvalue weighted by Gasteiger charge is -2.21. The predicted molar refractivity (Wildman–Crippen MR) is 64.8 cm³/mol. The number of aliphatic hydroxyl groups excluding tert-OH is 2. The Kier molecular flexibility index (Phi) is 4.57. The van der Waals surface area contributed by atoms with Gasteiger partial charge in [-0.3, -0.25) is 0 Å². The molecule has 0 fully saturated rings. The Labute approximate surface area is 109 Å². The van der Waals surface area contributed by atoms with Crippen LogP contribution in [-0.2, 0) is 0 Å². The Morgan fingerprint density at radius 2 is 1.84 bits per heavy atom. The van der Waals surface area contributed by atoms with Crippen LogP contribution in [0.1, 0.15) is 28.9 Å². The molecule has 1 aromatic carbocycles. The fraction of sp³-hybridized carbons (Fsp3) is 0.417. The van der Waals surface area contributed by atoms with Crippen molar-refractivity contribution >= 4 is 5.97 Å². The van der Waals surface area contributed by atoms with Gasteiger partial charge in [0.2, 0.25) is 5.75 Å². The molecule has 1 aromatic rings. The molecule has 19 heavy (non-hydrogen) atoms. The summed E-state index contributed by atoms with van der Waals surface area (Å²) in [5.74, 6) is -2.13. The first-order chi connectivity index (χ1) is 8.84. The van der Waals surface area contributed by atoms with Gasteiger partial charge in [0, 0.05) is 5.56 Å². The number of ether oxygens (including phenoxy) is 2. The summed E-state index contributed by atoms with van der Waals surface area (Å²) in [6.45, 7) is 1.29. The molecule has 0 saturated heterocycles. The quantitative estimate of drug-likeness (QED) is 0.617. The van der Waals surface area contributed by atoms with Crippen molar-refractivity contribution in [1.82, 2.24) is 0 Å². The van der Waals surface area contributed by atoms with Crippen LogP contribution in [0.25, 0.3) is 0 Å². The number of methoxy groups -OCH3 is 2. The third-order valence-electron chi connectivity index (χ3n) is 2.67. The second-order valence-electron chi connectivity index (χ2n) is 3.91. The van der Waals surface area contributed by atoms with Crippen molar-refractivity contribution in [2.24, 2.45) is 0 Å². The number of aromatic carboxylic acids is 1. The number of aliphatic hydroxyl groups is 2. The molecule has 0 bridgehead atoms. The van der Waals surface area contributed by atoms with Gasteiger partial charge in [-0.05, 0) is 13.0 Å². The highest BCUT2D eigenvalue weighted by atomic mass is 16.5. The number of aromatic hydroxyl groups is 1. The van der Waals surface area contributed by atoms with Gasteiger partial charge in [-0.1, -0.05) is 0 Å². The van der Waals surface area contributed by atoms with Crippen LogP contribution in [0.4, 0.5) is 0 Å². The van der Waals surface area contributed by atoms with Gasteiger partial charge in [0.15, 0.2) is 11.5 Å². The molecule has 1 rings (SSSR count). The van der Waals surface area contributed by atoms with E-state index in [0.717, 1.165) is 6.07 Å². The lowest BCUT2D eigenvalue weighted by Crippen LogP contribution is -2.18. The largest absolute Gasteiger partial charge is 0.502 e. The normalized spacial score (nSPS) is 13.7. The van der Waals surface area contributed by atoms with Crippen molar-refractivity contribution in [3.8, 4) is 17.2 Å². The summed E-state index contributed by atoms with van der Waals surface area (Å²) in [7, 11) is 2.46. The first-order valence-electron chi connectivity index (χ1n) is 5.42. The molecule has 7 nitrogen and oxygen atoms in total. The molecular weight excluding hydrogens is 256 g/mol. The van der Waals surface area contributed by atoms with Crippen molar-refractivity contribution < 1.29 is 34.7 Å². The van der Waals surface area contributed by atoms with Crippen LogP contribution in [-0.4, -0.2) is 46.7 Å². The summed E-state index contributed by atoms with van der Waals surface area (Å²) in [5, 5.41) is 38.3. The van der Waals surface area contributed by atoms with Crippen LogP contribution in [0.2, 0.25) is 0 Å². The third kappa shape index (κ3) is 2.72. The summed E-state index contributed by atoms with van der Waals surface area (Å²) < 4.78 is 9.75. The summed E-state index contributed by atoms with van der Waals surface area (Å²) in [6, 6.07) is 1.06. The molecule has 2 unspecified atom stereocenters. The average molecular weight is 272 g/mol.